The van der Waals surface area contributed by atoms with Gasteiger partial charge >= 0.3 is 0 Å². The Morgan fingerprint density at radius 1 is 1.40 bits per heavy atom. The van der Waals surface area contributed by atoms with Crippen LogP contribution in [0.1, 0.15) is 28.4 Å². The SMILES string of the molecule is COc1ccc(-n2cc(C=O)c(C3CCOC3)n2)cc1. The summed E-state index contributed by atoms with van der Waals surface area (Å²) in [4.78, 5) is 11.2. The standard InChI is InChI=1S/C15H16N2O3/c1-19-14-4-2-13(3-5-14)17-8-12(9-18)15(16-17)11-6-7-20-10-11/h2-5,8-9,11H,6-7,10H2,1H3. The fourth-order valence-corrected chi connectivity index (χ4v) is 2.43. The Morgan fingerprint density at radius 3 is 2.80 bits per heavy atom. The van der Waals surface area contributed by atoms with Gasteiger partial charge < -0.3 is 9.47 Å². The molecule has 20 heavy (non-hydrogen) atoms. The molecule has 1 atom stereocenters. The maximum absolute atomic E-state index is 11.2. The molecule has 0 spiro atoms. The second-order valence-corrected chi connectivity index (χ2v) is 4.79. The molecule has 2 aromatic rings. The molecule has 1 unspecified atom stereocenters. The zero-order chi connectivity index (χ0) is 13.9. The van der Waals surface area contributed by atoms with E-state index in [0.717, 1.165) is 36.4 Å². The van der Waals surface area contributed by atoms with Gasteiger partial charge in [-0.05, 0) is 30.7 Å². The topological polar surface area (TPSA) is 53.4 Å². The average Bonchev–Trinajstić information content (AvgIpc) is 3.16. The Kier molecular flexibility index (Phi) is 3.52. The van der Waals surface area contributed by atoms with Gasteiger partial charge in [-0.1, -0.05) is 0 Å². The number of rotatable bonds is 4. The van der Waals surface area contributed by atoms with Crippen molar-refractivity contribution in [2.24, 2.45) is 0 Å². The molecule has 5 nitrogen and oxygen atoms in total. The lowest BCUT2D eigenvalue weighted by Crippen LogP contribution is -2.03. The summed E-state index contributed by atoms with van der Waals surface area (Å²) in [6, 6.07) is 7.57. The third kappa shape index (κ3) is 2.32. The lowest BCUT2D eigenvalue weighted by molar-refractivity contribution is 0.112. The Bertz CT molecular complexity index is 598. The van der Waals surface area contributed by atoms with Crippen molar-refractivity contribution in [3.8, 4) is 11.4 Å². The van der Waals surface area contributed by atoms with E-state index in [9.17, 15) is 4.79 Å². The first-order valence-corrected chi connectivity index (χ1v) is 6.58. The van der Waals surface area contributed by atoms with Gasteiger partial charge in [0, 0.05) is 18.7 Å². The number of aldehydes is 1. The Labute approximate surface area is 117 Å². The zero-order valence-electron chi connectivity index (χ0n) is 11.3. The van der Waals surface area contributed by atoms with Crippen LogP contribution in [0.25, 0.3) is 5.69 Å². The summed E-state index contributed by atoms with van der Waals surface area (Å²) < 4.78 is 12.2. The van der Waals surface area contributed by atoms with Crippen LogP contribution in [0.4, 0.5) is 0 Å². The average molecular weight is 272 g/mol. The van der Waals surface area contributed by atoms with E-state index in [1.807, 2.05) is 24.3 Å². The molecule has 2 heterocycles. The van der Waals surface area contributed by atoms with E-state index in [2.05, 4.69) is 5.10 Å². The van der Waals surface area contributed by atoms with Crippen LogP contribution in [0.2, 0.25) is 0 Å². The molecule has 1 aromatic heterocycles. The smallest absolute Gasteiger partial charge is 0.153 e. The molecule has 0 aliphatic carbocycles. The Hall–Kier alpha value is -2.14. The number of benzene rings is 1. The molecule has 1 saturated heterocycles. The van der Waals surface area contributed by atoms with Gasteiger partial charge in [-0.3, -0.25) is 4.79 Å². The number of nitrogens with zero attached hydrogens (tertiary/aromatic N) is 2. The molecule has 104 valence electrons. The number of carbonyl (C=O) groups is 1. The van der Waals surface area contributed by atoms with Gasteiger partial charge in [-0.25, -0.2) is 4.68 Å². The Morgan fingerprint density at radius 2 is 2.20 bits per heavy atom. The van der Waals surface area contributed by atoms with Gasteiger partial charge in [0.25, 0.3) is 0 Å². The van der Waals surface area contributed by atoms with Crippen molar-refractivity contribution in [2.45, 2.75) is 12.3 Å². The molecule has 1 aromatic carbocycles. The molecule has 3 rings (SSSR count). The molecule has 0 bridgehead atoms. The molecule has 0 radical (unpaired) electrons. The maximum Gasteiger partial charge on any atom is 0.153 e. The van der Waals surface area contributed by atoms with E-state index in [-0.39, 0.29) is 5.92 Å². The molecule has 1 aliphatic heterocycles. The van der Waals surface area contributed by atoms with Crippen LogP contribution in [0.3, 0.4) is 0 Å². The fourth-order valence-electron chi connectivity index (χ4n) is 2.43. The van der Waals surface area contributed by atoms with E-state index in [4.69, 9.17) is 9.47 Å². The van der Waals surface area contributed by atoms with E-state index in [1.54, 1.807) is 18.0 Å². The minimum absolute atomic E-state index is 0.217. The van der Waals surface area contributed by atoms with Crippen molar-refractivity contribution >= 4 is 6.29 Å². The highest BCUT2D eigenvalue weighted by Gasteiger charge is 2.24. The third-order valence-electron chi connectivity index (χ3n) is 3.55. The van der Waals surface area contributed by atoms with Crippen molar-refractivity contribution < 1.29 is 14.3 Å². The second kappa shape index (κ2) is 5.46. The summed E-state index contributed by atoms with van der Waals surface area (Å²) in [5, 5.41) is 4.55. The summed E-state index contributed by atoms with van der Waals surface area (Å²) in [6.07, 6.45) is 3.55. The highest BCUT2D eigenvalue weighted by Crippen LogP contribution is 2.27. The Balaban J connectivity index is 1.94. The molecule has 0 saturated carbocycles. The normalized spacial score (nSPS) is 18.1. The minimum Gasteiger partial charge on any atom is -0.497 e. The third-order valence-corrected chi connectivity index (χ3v) is 3.55. The van der Waals surface area contributed by atoms with Crippen LogP contribution in [-0.2, 0) is 4.74 Å². The van der Waals surface area contributed by atoms with Gasteiger partial charge in [0.2, 0.25) is 0 Å². The molecular formula is C15H16N2O3. The fraction of sp³-hybridized carbons (Fsp3) is 0.333. The van der Waals surface area contributed by atoms with Crippen LogP contribution in [0, 0.1) is 0 Å². The molecule has 1 aliphatic rings. The number of methoxy groups -OCH3 is 1. The van der Waals surface area contributed by atoms with Crippen LogP contribution >= 0.6 is 0 Å². The van der Waals surface area contributed by atoms with Crippen molar-refractivity contribution in [3.63, 3.8) is 0 Å². The molecular weight excluding hydrogens is 256 g/mol. The summed E-state index contributed by atoms with van der Waals surface area (Å²) >= 11 is 0. The minimum atomic E-state index is 0.217. The van der Waals surface area contributed by atoms with E-state index < -0.39 is 0 Å². The van der Waals surface area contributed by atoms with Crippen molar-refractivity contribution in [2.75, 3.05) is 20.3 Å². The first kappa shape index (κ1) is 12.9. The monoisotopic (exact) mass is 272 g/mol. The van der Waals surface area contributed by atoms with E-state index in [0.29, 0.717) is 12.2 Å². The highest BCUT2D eigenvalue weighted by molar-refractivity contribution is 5.76. The summed E-state index contributed by atoms with van der Waals surface area (Å²) in [7, 11) is 1.63. The second-order valence-electron chi connectivity index (χ2n) is 4.79. The lowest BCUT2D eigenvalue weighted by atomic mass is 10.0. The first-order valence-electron chi connectivity index (χ1n) is 6.58. The van der Waals surface area contributed by atoms with Gasteiger partial charge in [0.15, 0.2) is 6.29 Å². The number of carbonyl (C=O) groups excluding carboxylic acids is 1. The quantitative estimate of drug-likeness (QED) is 0.801. The largest absolute Gasteiger partial charge is 0.497 e. The van der Waals surface area contributed by atoms with Gasteiger partial charge in [0.1, 0.15) is 5.75 Å². The molecule has 0 N–H and O–H groups in total. The predicted molar refractivity (Wildman–Crippen MR) is 73.7 cm³/mol. The first-order chi connectivity index (χ1) is 9.81. The molecule has 1 fully saturated rings. The summed E-state index contributed by atoms with van der Waals surface area (Å²) in [5.41, 5.74) is 2.36. The number of hydrogen-bond acceptors (Lipinski definition) is 4. The number of aromatic nitrogens is 2. The van der Waals surface area contributed by atoms with Gasteiger partial charge in [-0.2, -0.15) is 5.10 Å². The number of ether oxygens (including phenoxy) is 2. The summed E-state index contributed by atoms with van der Waals surface area (Å²) in [6.45, 7) is 1.37. The van der Waals surface area contributed by atoms with Crippen LogP contribution in [0.5, 0.6) is 5.75 Å². The van der Waals surface area contributed by atoms with E-state index in [1.165, 1.54) is 0 Å². The van der Waals surface area contributed by atoms with Crippen molar-refractivity contribution in [3.05, 3.63) is 41.7 Å². The van der Waals surface area contributed by atoms with E-state index >= 15 is 0 Å². The van der Waals surface area contributed by atoms with Gasteiger partial charge in [0.05, 0.1) is 30.7 Å². The highest BCUT2D eigenvalue weighted by atomic mass is 16.5. The van der Waals surface area contributed by atoms with Gasteiger partial charge in [-0.15, -0.1) is 0 Å². The lowest BCUT2D eigenvalue weighted by Gasteiger charge is -2.05. The number of hydrogen-bond donors (Lipinski definition) is 0. The molecule has 0 amide bonds. The predicted octanol–water partition coefficient (Wildman–Crippen LogP) is 2.20. The molecule has 5 heteroatoms. The van der Waals surface area contributed by atoms with Crippen molar-refractivity contribution in [1.82, 2.24) is 9.78 Å². The maximum atomic E-state index is 11.2. The summed E-state index contributed by atoms with van der Waals surface area (Å²) in [5.74, 6) is 1.01. The van der Waals surface area contributed by atoms with Crippen LogP contribution < -0.4 is 4.74 Å². The van der Waals surface area contributed by atoms with Crippen molar-refractivity contribution in [1.29, 1.82) is 0 Å². The van der Waals surface area contributed by atoms with Crippen LogP contribution in [-0.4, -0.2) is 36.4 Å². The van der Waals surface area contributed by atoms with Crippen LogP contribution in [0.15, 0.2) is 30.5 Å². The zero-order valence-corrected chi connectivity index (χ0v) is 11.3.